The van der Waals surface area contributed by atoms with Gasteiger partial charge in [0, 0.05) is 6.20 Å². The molecule has 104 valence electrons. The van der Waals surface area contributed by atoms with Gasteiger partial charge in [-0.25, -0.2) is 9.59 Å². The third-order valence-electron chi connectivity index (χ3n) is 3.05. The summed E-state index contributed by atoms with van der Waals surface area (Å²) in [7, 11) is 0. The summed E-state index contributed by atoms with van der Waals surface area (Å²) in [5.74, 6) is -1.18. The largest absolute Gasteiger partial charge is 0.480 e. The number of hydrogen-bond acceptors (Lipinski definition) is 3. The van der Waals surface area contributed by atoms with Crippen molar-refractivity contribution in [2.45, 2.75) is 33.2 Å². The molecule has 1 aromatic rings. The van der Waals surface area contributed by atoms with E-state index in [1.165, 1.54) is 6.20 Å². The molecule has 0 aliphatic heterocycles. The number of aromatic nitrogens is 1. The molecule has 0 aromatic carbocycles. The molecule has 19 heavy (non-hydrogen) atoms. The van der Waals surface area contributed by atoms with Gasteiger partial charge in [0.15, 0.2) is 0 Å². The monoisotopic (exact) mass is 265 g/mol. The van der Waals surface area contributed by atoms with Crippen molar-refractivity contribution < 1.29 is 14.7 Å². The Morgan fingerprint density at radius 2 is 2.16 bits per heavy atom. The summed E-state index contributed by atoms with van der Waals surface area (Å²) < 4.78 is 0. The van der Waals surface area contributed by atoms with Gasteiger partial charge in [0.05, 0.1) is 11.9 Å². The van der Waals surface area contributed by atoms with Crippen LogP contribution in [-0.2, 0) is 4.79 Å². The molecule has 1 heterocycles. The highest BCUT2D eigenvalue weighted by atomic mass is 16.4. The summed E-state index contributed by atoms with van der Waals surface area (Å²) in [5.41, 5.74) is 1.42. The molecule has 1 rings (SSSR count). The third-order valence-corrected chi connectivity index (χ3v) is 3.05. The molecule has 1 unspecified atom stereocenters. The average molecular weight is 265 g/mol. The van der Waals surface area contributed by atoms with Crippen molar-refractivity contribution in [2.24, 2.45) is 5.92 Å². The Hall–Kier alpha value is -2.11. The van der Waals surface area contributed by atoms with Crippen molar-refractivity contribution in [1.82, 2.24) is 10.3 Å². The van der Waals surface area contributed by atoms with E-state index < -0.39 is 18.0 Å². The molecule has 0 aliphatic rings. The van der Waals surface area contributed by atoms with Crippen molar-refractivity contribution in [3.63, 3.8) is 0 Å². The summed E-state index contributed by atoms with van der Waals surface area (Å²) in [6, 6.07) is 0.324. The van der Waals surface area contributed by atoms with Gasteiger partial charge in [-0.2, -0.15) is 0 Å². The fourth-order valence-corrected chi connectivity index (χ4v) is 1.58. The number of urea groups is 1. The Morgan fingerprint density at radius 1 is 1.47 bits per heavy atom. The number of carbonyl (C=O) groups excluding carboxylic acids is 1. The molecule has 0 fully saturated rings. The van der Waals surface area contributed by atoms with Gasteiger partial charge in [0.25, 0.3) is 0 Å². The second-order valence-corrected chi connectivity index (χ2v) is 4.49. The van der Waals surface area contributed by atoms with E-state index in [1.54, 1.807) is 19.2 Å². The van der Waals surface area contributed by atoms with Crippen LogP contribution in [0.25, 0.3) is 0 Å². The third kappa shape index (κ3) is 4.24. The highest BCUT2D eigenvalue weighted by Crippen LogP contribution is 2.12. The van der Waals surface area contributed by atoms with E-state index in [0.717, 1.165) is 5.56 Å². The smallest absolute Gasteiger partial charge is 0.326 e. The normalized spacial score (nSPS) is 13.4. The van der Waals surface area contributed by atoms with Gasteiger partial charge in [0.1, 0.15) is 6.04 Å². The summed E-state index contributed by atoms with van der Waals surface area (Å²) >= 11 is 0. The van der Waals surface area contributed by atoms with Gasteiger partial charge in [-0.1, -0.05) is 20.3 Å². The zero-order valence-electron chi connectivity index (χ0n) is 11.3. The fraction of sp³-hybridized carbons (Fsp3) is 0.462. The molecule has 6 nitrogen and oxygen atoms in total. The maximum atomic E-state index is 11.8. The minimum atomic E-state index is -1.03. The molecule has 1 aromatic heterocycles. The zero-order chi connectivity index (χ0) is 14.4. The van der Waals surface area contributed by atoms with E-state index in [-0.39, 0.29) is 5.92 Å². The first-order valence-electron chi connectivity index (χ1n) is 6.16. The first-order chi connectivity index (χ1) is 8.95. The quantitative estimate of drug-likeness (QED) is 0.759. The van der Waals surface area contributed by atoms with E-state index in [4.69, 9.17) is 5.11 Å². The summed E-state index contributed by atoms with van der Waals surface area (Å²) in [6.45, 7) is 5.50. The highest BCUT2D eigenvalue weighted by molar-refractivity contribution is 5.92. The number of amides is 2. The average Bonchev–Trinajstić information content (AvgIpc) is 2.37. The lowest BCUT2D eigenvalue weighted by Gasteiger charge is -2.20. The number of carboxylic acids is 1. The van der Waals surface area contributed by atoms with Crippen molar-refractivity contribution in [1.29, 1.82) is 0 Å². The predicted molar refractivity (Wildman–Crippen MR) is 72.0 cm³/mol. The maximum absolute atomic E-state index is 11.8. The van der Waals surface area contributed by atoms with Crippen molar-refractivity contribution in [3.8, 4) is 0 Å². The number of aliphatic carboxylic acids is 1. The number of pyridine rings is 1. The molecular formula is C13H19N3O3. The van der Waals surface area contributed by atoms with Gasteiger partial charge in [-0.05, 0) is 24.5 Å². The number of hydrogen-bond donors (Lipinski definition) is 3. The van der Waals surface area contributed by atoms with Gasteiger partial charge in [0.2, 0.25) is 0 Å². The Morgan fingerprint density at radius 3 is 2.68 bits per heavy atom. The molecule has 0 bridgehead atoms. The maximum Gasteiger partial charge on any atom is 0.326 e. The highest BCUT2D eigenvalue weighted by Gasteiger charge is 2.25. The first-order valence-corrected chi connectivity index (χ1v) is 6.16. The molecule has 0 saturated heterocycles. The van der Waals surface area contributed by atoms with E-state index in [1.807, 2.05) is 13.8 Å². The summed E-state index contributed by atoms with van der Waals surface area (Å²) in [4.78, 5) is 26.8. The second-order valence-electron chi connectivity index (χ2n) is 4.49. The van der Waals surface area contributed by atoms with E-state index in [0.29, 0.717) is 12.1 Å². The second kappa shape index (κ2) is 6.72. The number of nitrogens with one attached hydrogen (secondary N) is 2. The van der Waals surface area contributed by atoms with Crippen molar-refractivity contribution >= 4 is 17.7 Å². The number of carboxylic acid groups (broad SMARTS) is 1. The Kier molecular flexibility index (Phi) is 5.29. The van der Waals surface area contributed by atoms with Crippen LogP contribution in [0.1, 0.15) is 25.8 Å². The van der Waals surface area contributed by atoms with E-state index >= 15 is 0 Å². The molecule has 0 saturated carbocycles. The van der Waals surface area contributed by atoms with E-state index in [2.05, 4.69) is 15.6 Å². The number of nitrogens with zero attached hydrogens (tertiary/aromatic N) is 1. The van der Waals surface area contributed by atoms with Crippen LogP contribution in [0.15, 0.2) is 18.5 Å². The molecule has 2 atom stereocenters. The summed E-state index contributed by atoms with van der Waals surface area (Å²) in [5, 5.41) is 14.2. The van der Waals surface area contributed by atoms with Crippen LogP contribution in [0.4, 0.5) is 10.5 Å². The van der Waals surface area contributed by atoms with Crippen molar-refractivity contribution in [3.05, 3.63) is 24.0 Å². The molecular weight excluding hydrogens is 246 g/mol. The SMILES string of the molecule is CCC(C)[C@H](NC(=O)Nc1cnccc1C)C(=O)O. The standard InChI is InChI=1S/C13H19N3O3/c1-4-8(2)11(12(17)18)16-13(19)15-10-7-14-6-5-9(10)3/h5-8,11H,4H2,1-3H3,(H,17,18)(H2,15,16,19)/t8?,11-/m0/s1. The molecule has 6 heteroatoms. The van der Waals surface area contributed by atoms with Crippen LogP contribution in [-0.4, -0.2) is 28.1 Å². The Balaban J connectivity index is 2.68. The Bertz CT molecular complexity index is 462. The molecule has 0 spiro atoms. The van der Waals surface area contributed by atoms with Crippen LogP contribution < -0.4 is 10.6 Å². The lowest BCUT2D eigenvalue weighted by molar-refractivity contribution is -0.140. The van der Waals surface area contributed by atoms with Crippen LogP contribution in [0.3, 0.4) is 0 Å². The molecule has 2 amide bonds. The van der Waals surface area contributed by atoms with Crippen LogP contribution in [0.2, 0.25) is 0 Å². The minimum Gasteiger partial charge on any atom is -0.480 e. The van der Waals surface area contributed by atoms with Crippen molar-refractivity contribution in [2.75, 3.05) is 5.32 Å². The number of rotatable bonds is 5. The Labute approximate surface area is 112 Å². The van der Waals surface area contributed by atoms with Crippen LogP contribution in [0.5, 0.6) is 0 Å². The van der Waals surface area contributed by atoms with Gasteiger partial charge in [-0.15, -0.1) is 0 Å². The van der Waals surface area contributed by atoms with E-state index in [9.17, 15) is 9.59 Å². The summed E-state index contributed by atoms with van der Waals surface area (Å²) in [6.07, 6.45) is 3.81. The first kappa shape index (κ1) is 14.9. The minimum absolute atomic E-state index is 0.141. The molecule has 3 N–H and O–H groups in total. The predicted octanol–water partition coefficient (Wildman–Crippen LogP) is 2.01. The topological polar surface area (TPSA) is 91.3 Å². The molecule has 0 aliphatic carbocycles. The van der Waals surface area contributed by atoms with Gasteiger partial charge >= 0.3 is 12.0 Å². The fourth-order valence-electron chi connectivity index (χ4n) is 1.58. The van der Waals surface area contributed by atoms with Crippen LogP contribution >= 0.6 is 0 Å². The lowest BCUT2D eigenvalue weighted by Crippen LogP contribution is -2.46. The lowest BCUT2D eigenvalue weighted by atomic mass is 9.99. The number of carbonyl (C=O) groups is 2. The number of anilines is 1. The number of aryl methyl sites for hydroxylation is 1. The van der Waals surface area contributed by atoms with Crippen LogP contribution in [0, 0.1) is 12.8 Å². The molecule has 0 radical (unpaired) electrons. The zero-order valence-corrected chi connectivity index (χ0v) is 11.3. The van der Waals surface area contributed by atoms with Gasteiger partial charge < -0.3 is 15.7 Å². The van der Waals surface area contributed by atoms with Gasteiger partial charge in [-0.3, -0.25) is 4.98 Å².